The molecular formula is C13H14FNO2. The number of carbonyl (C=O) groups is 2. The number of hydrogen-bond acceptors (Lipinski definition) is 2. The summed E-state index contributed by atoms with van der Waals surface area (Å²) in [6.45, 7) is 0.670. The minimum Gasteiger partial charge on any atom is -0.356 e. The number of amides is 1. The van der Waals surface area contributed by atoms with Gasteiger partial charge in [-0.1, -0.05) is 12.1 Å². The molecule has 0 aliphatic carbocycles. The number of nitrogens with one attached hydrogen (secondary N) is 1. The maximum absolute atomic E-state index is 13.4. The van der Waals surface area contributed by atoms with Gasteiger partial charge in [0.15, 0.2) is 5.78 Å². The number of piperidine rings is 1. The first-order valence-corrected chi connectivity index (χ1v) is 5.74. The lowest BCUT2D eigenvalue weighted by atomic mass is 9.91. The topological polar surface area (TPSA) is 46.2 Å². The van der Waals surface area contributed by atoms with Gasteiger partial charge in [-0.05, 0) is 25.0 Å². The second kappa shape index (κ2) is 5.08. The largest absolute Gasteiger partial charge is 0.356 e. The summed E-state index contributed by atoms with van der Waals surface area (Å²) in [5.41, 5.74) is 0.0749. The van der Waals surface area contributed by atoms with Crippen molar-refractivity contribution in [3.8, 4) is 0 Å². The predicted octanol–water partition coefficient (Wildman–Crippen LogP) is 1.92. The number of ketones is 1. The van der Waals surface area contributed by atoms with Gasteiger partial charge in [0.25, 0.3) is 0 Å². The molecule has 0 radical (unpaired) electrons. The molecule has 0 unspecified atom stereocenters. The van der Waals surface area contributed by atoms with Crippen LogP contribution in [0.2, 0.25) is 0 Å². The minimum atomic E-state index is -0.520. The first-order valence-electron chi connectivity index (χ1n) is 5.74. The Labute approximate surface area is 99.0 Å². The molecule has 1 heterocycles. The molecule has 1 fully saturated rings. The quantitative estimate of drug-likeness (QED) is 0.814. The zero-order valence-corrected chi connectivity index (χ0v) is 9.41. The van der Waals surface area contributed by atoms with Crippen LogP contribution in [-0.4, -0.2) is 18.2 Å². The van der Waals surface area contributed by atoms with Crippen molar-refractivity contribution in [3.05, 3.63) is 35.6 Å². The summed E-state index contributed by atoms with van der Waals surface area (Å²) in [6, 6.07) is 5.88. The van der Waals surface area contributed by atoms with E-state index in [1.165, 1.54) is 12.1 Å². The number of carbonyl (C=O) groups excluding carboxylic acids is 2. The standard InChI is InChI=1S/C13H14FNO2/c14-11-6-2-1-5-10(11)12(16)8-9-4-3-7-15-13(9)17/h1-2,5-6,9H,3-4,7-8H2,(H,15,17)/t9-/m1/s1. The summed E-state index contributed by atoms with van der Waals surface area (Å²) in [5, 5.41) is 2.72. The van der Waals surface area contributed by atoms with Gasteiger partial charge in [0.05, 0.1) is 5.56 Å². The van der Waals surface area contributed by atoms with Gasteiger partial charge in [0.1, 0.15) is 5.82 Å². The lowest BCUT2D eigenvalue weighted by Crippen LogP contribution is -2.37. The monoisotopic (exact) mass is 235 g/mol. The van der Waals surface area contributed by atoms with E-state index in [9.17, 15) is 14.0 Å². The van der Waals surface area contributed by atoms with Crippen LogP contribution in [0.5, 0.6) is 0 Å². The molecular weight excluding hydrogens is 221 g/mol. The molecule has 1 N–H and O–H groups in total. The SMILES string of the molecule is O=C(C[C@H]1CCCNC1=O)c1ccccc1F. The van der Waals surface area contributed by atoms with Gasteiger partial charge in [-0.2, -0.15) is 0 Å². The van der Waals surface area contributed by atoms with E-state index < -0.39 is 5.82 Å². The van der Waals surface area contributed by atoms with Crippen molar-refractivity contribution in [1.82, 2.24) is 5.32 Å². The highest BCUT2D eigenvalue weighted by molar-refractivity contribution is 5.98. The second-order valence-electron chi connectivity index (χ2n) is 4.24. The van der Waals surface area contributed by atoms with Crippen LogP contribution in [0.25, 0.3) is 0 Å². The zero-order valence-electron chi connectivity index (χ0n) is 9.41. The smallest absolute Gasteiger partial charge is 0.223 e. The number of benzene rings is 1. The summed E-state index contributed by atoms with van der Waals surface area (Å²) in [6.07, 6.45) is 1.67. The normalized spacial score (nSPS) is 19.8. The van der Waals surface area contributed by atoms with Crippen LogP contribution in [0.1, 0.15) is 29.6 Å². The fraction of sp³-hybridized carbons (Fsp3) is 0.385. The minimum absolute atomic E-state index is 0.0749. The Morgan fingerprint density at radius 1 is 1.41 bits per heavy atom. The molecule has 4 heteroatoms. The molecule has 1 aliphatic heterocycles. The summed E-state index contributed by atoms with van der Waals surface area (Å²) < 4.78 is 13.4. The molecule has 1 atom stereocenters. The molecule has 3 nitrogen and oxygen atoms in total. The zero-order chi connectivity index (χ0) is 12.3. The summed E-state index contributed by atoms with van der Waals surface area (Å²) in [4.78, 5) is 23.3. The van der Waals surface area contributed by atoms with Crippen molar-refractivity contribution in [2.75, 3.05) is 6.54 Å². The van der Waals surface area contributed by atoms with Crippen LogP contribution in [0.3, 0.4) is 0 Å². The molecule has 1 saturated heterocycles. The molecule has 1 aromatic carbocycles. The fourth-order valence-electron chi connectivity index (χ4n) is 2.05. The van der Waals surface area contributed by atoms with Gasteiger partial charge in [0.2, 0.25) is 5.91 Å². The average molecular weight is 235 g/mol. The van der Waals surface area contributed by atoms with E-state index in [0.717, 1.165) is 6.42 Å². The first kappa shape index (κ1) is 11.8. The maximum Gasteiger partial charge on any atom is 0.223 e. The van der Waals surface area contributed by atoms with Gasteiger partial charge in [-0.3, -0.25) is 9.59 Å². The highest BCUT2D eigenvalue weighted by Gasteiger charge is 2.25. The van der Waals surface area contributed by atoms with E-state index in [1.54, 1.807) is 12.1 Å². The third kappa shape index (κ3) is 2.70. The van der Waals surface area contributed by atoms with Crippen molar-refractivity contribution in [2.24, 2.45) is 5.92 Å². The van der Waals surface area contributed by atoms with E-state index in [0.29, 0.717) is 13.0 Å². The van der Waals surface area contributed by atoms with Gasteiger partial charge < -0.3 is 5.32 Å². The lowest BCUT2D eigenvalue weighted by Gasteiger charge is -2.21. The highest BCUT2D eigenvalue weighted by atomic mass is 19.1. The highest BCUT2D eigenvalue weighted by Crippen LogP contribution is 2.19. The van der Waals surface area contributed by atoms with Crippen molar-refractivity contribution >= 4 is 11.7 Å². The summed E-state index contributed by atoms with van der Waals surface area (Å²) >= 11 is 0. The van der Waals surface area contributed by atoms with Gasteiger partial charge in [-0.25, -0.2) is 4.39 Å². The predicted molar refractivity (Wildman–Crippen MR) is 61.1 cm³/mol. The van der Waals surface area contributed by atoms with Crippen molar-refractivity contribution in [2.45, 2.75) is 19.3 Å². The third-order valence-corrected chi connectivity index (χ3v) is 3.01. The molecule has 0 aromatic heterocycles. The molecule has 0 spiro atoms. The molecule has 0 bridgehead atoms. The molecule has 90 valence electrons. The molecule has 2 rings (SSSR count). The summed E-state index contributed by atoms with van der Waals surface area (Å²) in [5.74, 6) is -1.23. The Kier molecular flexibility index (Phi) is 3.52. The van der Waals surface area contributed by atoms with Crippen LogP contribution in [0.4, 0.5) is 4.39 Å². The maximum atomic E-state index is 13.4. The van der Waals surface area contributed by atoms with E-state index in [2.05, 4.69) is 5.32 Å². The number of halogens is 1. The molecule has 17 heavy (non-hydrogen) atoms. The van der Waals surface area contributed by atoms with Crippen LogP contribution in [0, 0.1) is 11.7 Å². The summed E-state index contributed by atoms with van der Waals surface area (Å²) in [7, 11) is 0. The molecule has 1 aliphatic rings. The van der Waals surface area contributed by atoms with E-state index in [1.807, 2.05) is 0 Å². The van der Waals surface area contributed by atoms with Crippen molar-refractivity contribution in [3.63, 3.8) is 0 Å². The second-order valence-corrected chi connectivity index (χ2v) is 4.24. The van der Waals surface area contributed by atoms with E-state index >= 15 is 0 Å². The molecule has 1 amide bonds. The lowest BCUT2D eigenvalue weighted by molar-refractivity contribution is -0.126. The molecule has 0 saturated carbocycles. The third-order valence-electron chi connectivity index (χ3n) is 3.01. The number of hydrogen-bond donors (Lipinski definition) is 1. The Balaban J connectivity index is 2.06. The van der Waals surface area contributed by atoms with E-state index in [4.69, 9.17) is 0 Å². The van der Waals surface area contributed by atoms with Crippen molar-refractivity contribution in [1.29, 1.82) is 0 Å². The first-order chi connectivity index (χ1) is 8.18. The van der Waals surface area contributed by atoms with Gasteiger partial charge in [0, 0.05) is 18.9 Å². The van der Waals surface area contributed by atoms with Crippen LogP contribution in [0.15, 0.2) is 24.3 Å². The van der Waals surface area contributed by atoms with Gasteiger partial charge in [-0.15, -0.1) is 0 Å². The average Bonchev–Trinajstić information content (AvgIpc) is 2.32. The molecule has 1 aromatic rings. The van der Waals surface area contributed by atoms with Crippen LogP contribution in [-0.2, 0) is 4.79 Å². The number of rotatable bonds is 3. The number of Topliss-reactive ketones (excluding diaryl/α,β-unsaturated/α-hetero) is 1. The Morgan fingerprint density at radius 3 is 2.88 bits per heavy atom. The fourth-order valence-corrected chi connectivity index (χ4v) is 2.05. The van der Waals surface area contributed by atoms with E-state index in [-0.39, 0.29) is 29.6 Å². The van der Waals surface area contributed by atoms with Crippen LogP contribution < -0.4 is 5.32 Å². The Bertz CT molecular complexity index is 445. The van der Waals surface area contributed by atoms with Gasteiger partial charge >= 0.3 is 0 Å². The Hall–Kier alpha value is -1.71. The van der Waals surface area contributed by atoms with Crippen molar-refractivity contribution < 1.29 is 14.0 Å². The van der Waals surface area contributed by atoms with Crippen LogP contribution >= 0.6 is 0 Å². The Morgan fingerprint density at radius 2 is 2.18 bits per heavy atom.